The first-order chi connectivity index (χ1) is 17.7. The number of benzene rings is 3. The minimum Gasteiger partial charge on any atom is -0.283 e. The smallest absolute Gasteiger partial charge is 0.245 e. The van der Waals surface area contributed by atoms with E-state index in [-0.39, 0.29) is 29.8 Å². The number of sulfonamides is 1. The summed E-state index contributed by atoms with van der Waals surface area (Å²) in [5.41, 5.74) is 4.09. The van der Waals surface area contributed by atoms with Gasteiger partial charge < -0.3 is 0 Å². The van der Waals surface area contributed by atoms with E-state index < -0.39 is 15.8 Å². The first-order valence-corrected chi connectivity index (χ1v) is 14.5. The molecule has 2 heterocycles. The lowest BCUT2D eigenvalue weighted by Crippen LogP contribution is -2.44. The van der Waals surface area contributed by atoms with E-state index in [1.54, 1.807) is 4.90 Å². The highest BCUT2D eigenvalue weighted by atomic mass is 32.2. The SMILES string of the molecule is Cc1cc(C)c2nc(N(Cc3ccccc3)C(=O)C3CCN(S(=O)(=O)c4ccccc4F)CC3)sc2c1. The van der Waals surface area contributed by atoms with Crippen LogP contribution in [0, 0.1) is 25.6 Å². The predicted octanol–water partition coefficient (Wildman–Crippen LogP) is 5.69. The standard InChI is InChI=1S/C28H28FN3O3S2/c1-19-16-20(2)26-24(17-19)36-28(30-26)32(18-21-8-4-3-5-9-21)27(33)22-12-14-31(15-13-22)37(34,35)25-11-7-6-10-23(25)29/h3-11,16-17,22H,12-15,18H2,1-2H3. The second-order valence-electron chi connectivity index (χ2n) is 9.44. The molecule has 1 aliphatic heterocycles. The van der Waals surface area contributed by atoms with E-state index in [4.69, 9.17) is 4.98 Å². The number of hydrogen-bond donors (Lipinski definition) is 0. The maximum absolute atomic E-state index is 14.2. The number of piperidine rings is 1. The number of aryl methyl sites for hydroxylation is 2. The van der Waals surface area contributed by atoms with Crippen LogP contribution in [0.5, 0.6) is 0 Å². The minimum atomic E-state index is -3.97. The van der Waals surface area contributed by atoms with Gasteiger partial charge >= 0.3 is 0 Å². The Morgan fingerprint density at radius 2 is 1.73 bits per heavy atom. The summed E-state index contributed by atoms with van der Waals surface area (Å²) in [6, 6.07) is 19.3. The Morgan fingerprint density at radius 3 is 2.43 bits per heavy atom. The number of anilines is 1. The molecule has 4 aromatic rings. The third-order valence-corrected chi connectivity index (χ3v) is 9.71. The minimum absolute atomic E-state index is 0.0692. The van der Waals surface area contributed by atoms with Gasteiger partial charge in [-0.3, -0.25) is 9.69 Å². The van der Waals surface area contributed by atoms with Gasteiger partial charge in [-0.25, -0.2) is 17.8 Å². The first kappa shape index (κ1) is 25.5. The highest BCUT2D eigenvalue weighted by Gasteiger charge is 2.36. The number of fused-ring (bicyclic) bond motifs is 1. The van der Waals surface area contributed by atoms with Gasteiger partial charge in [0, 0.05) is 19.0 Å². The van der Waals surface area contributed by atoms with Crippen molar-refractivity contribution >= 4 is 42.6 Å². The predicted molar refractivity (Wildman–Crippen MR) is 145 cm³/mol. The van der Waals surface area contributed by atoms with Crippen LogP contribution >= 0.6 is 11.3 Å². The molecule has 0 atom stereocenters. The van der Waals surface area contributed by atoms with Crippen LogP contribution in [0.25, 0.3) is 10.2 Å². The van der Waals surface area contributed by atoms with Crippen LogP contribution in [0.1, 0.15) is 29.5 Å². The van der Waals surface area contributed by atoms with Crippen molar-refractivity contribution in [1.82, 2.24) is 9.29 Å². The molecule has 1 aromatic heterocycles. The Kier molecular flexibility index (Phi) is 7.11. The third-order valence-electron chi connectivity index (χ3n) is 6.76. The van der Waals surface area contributed by atoms with E-state index in [1.807, 2.05) is 44.2 Å². The lowest BCUT2D eigenvalue weighted by Gasteiger charge is -2.33. The molecule has 5 rings (SSSR count). The first-order valence-electron chi connectivity index (χ1n) is 12.2. The molecule has 0 unspecified atom stereocenters. The van der Waals surface area contributed by atoms with Crippen molar-refractivity contribution in [3.05, 3.63) is 89.2 Å². The molecular weight excluding hydrogens is 509 g/mol. The molecular formula is C28H28FN3O3S2. The van der Waals surface area contributed by atoms with E-state index in [1.165, 1.54) is 33.8 Å². The quantitative estimate of drug-likeness (QED) is 0.317. The number of nitrogens with zero attached hydrogens (tertiary/aromatic N) is 3. The number of aromatic nitrogens is 1. The fourth-order valence-corrected chi connectivity index (χ4v) is 7.52. The van der Waals surface area contributed by atoms with Crippen molar-refractivity contribution in [3.8, 4) is 0 Å². The van der Waals surface area contributed by atoms with Crippen LogP contribution in [0.15, 0.2) is 71.6 Å². The fourth-order valence-electron chi connectivity index (χ4n) is 4.84. The molecule has 1 aliphatic rings. The molecule has 0 spiro atoms. The largest absolute Gasteiger partial charge is 0.283 e. The summed E-state index contributed by atoms with van der Waals surface area (Å²) in [4.78, 5) is 20.1. The van der Waals surface area contributed by atoms with Crippen molar-refractivity contribution in [1.29, 1.82) is 0 Å². The number of thiazole rings is 1. The Bertz CT molecular complexity index is 1550. The van der Waals surface area contributed by atoms with Crippen LogP contribution in [0.3, 0.4) is 0 Å². The topological polar surface area (TPSA) is 70.6 Å². The molecule has 9 heteroatoms. The maximum atomic E-state index is 14.2. The Labute approximate surface area is 220 Å². The Morgan fingerprint density at radius 1 is 1.05 bits per heavy atom. The molecule has 6 nitrogen and oxygen atoms in total. The normalized spacial score (nSPS) is 15.2. The van der Waals surface area contributed by atoms with Crippen molar-refractivity contribution in [3.63, 3.8) is 0 Å². The lowest BCUT2D eigenvalue weighted by molar-refractivity contribution is -0.123. The molecule has 0 radical (unpaired) electrons. The van der Waals surface area contributed by atoms with Gasteiger partial charge in [0.2, 0.25) is 15.9 Å². The molecule has 1 fully saturated rings. The molecule has 1 amide bonds. The van der Waals surface area contributed by atoms with Gasteiger partial charge in [0.15, 0.2) is 5.13 Å². The van der Waals surface area contributed by atoms with Crippen LogP contribution in [0.2, 0.25) is 0 Å². The monoisotopic (exact) mass is 537 g/mol. The van der Waals surface area contributed by atoms with Crippen molar-refractivity contribution in [2.24, 2.45) is 5.92 Å². The highest BCUT2D eigenvalue weighted by molar-refractivity contribution is 7.89. The summed E-state index contributed by atoms with van der Waals surface area (Å²) in [5, 5.41) is 0.638. The molecule has 37 heavy (non-hydrogen) atoms. The summed E-state index contributed by atoms with van der Waals surface area (Å²) >= 11 is 1.49. The van der Waals surface area contributed by atoms with E-state index >= 15 is 0 Å². The summed E-state index contributed by atoms with van der Waals surface area (Å²) in [6.07, 6.45) is 0.724. The van der Waals surface area contributed by atoms with Crippen LogP contribution in [-0.4, -0.2) is 36.7 Å². The third kappa shape index (κ3) is 5.16. The van der Waals surface area contributed by atoms with Crippen LogP contribution < -0.4 is 4.90 Å². The molecule has 0 saturated carbocycles. The summed E-state index contributed by atoms with van der Waals surface area (Å²) in [6.45, 7) is 4.76. The van der Waals surface area contributed by atoms with E-state index in [0.29, 0.717) is 24.5 Å². The Balaban J connectivity index is 1.40. The highest BCUT2D eigenvalue weighted by Crippen LogP contribution is 2.35. The zero-order valence-corrected chi connectivity index (χ0v) is 22.4. The average molecular weight is 538 g/mol. The van der Waals surface area contributed by atoms with Gasteiger partial charge in [0.1, 0.15) is 10.7 Å². The number of carbonyl (C=O) groups is 1. The van der Waals surface area contributed by atoms with E-state index in [0.717, 1.165) is 33.0 Å². The zero-order chi connectivity index (χ0) is 26.2. The molecule has 3 aromatic carbocycles. The number of carbonyl (C=O) groups excluding carboxylic acids is 1. The van der Waals surface area contributed by atoms with E-state index in [2.05, 4.69) is 12.1 Å². The summed E-state index contributed by atoms with van der Waals surface area (Å²) in [7, 11) is -3.97. The van der Waals surface area contributed by atoms with Crippen LogP contribution in [0.4, 0.5) is 9.52 Å². The summed E-state index contributed by atoms with van der Waals surface area (Å²) in [5.74, 6) is -1.19. The number of hydrogen-bond acceptors (Lipinski definition) is 5. The molecule has 0 bridgehead atoms. The number of rotatable bonds is 6. The van der Waals surface area contributed by atoms with Crippen molar-refractivity contribution in [2.75, 3.05) is 18.0 Å². The van der Waals surface area contributed by atoms with Gasteiger partial charge in [0.25, 0.3) is 0 Å². The Hall–Kier alpha value is -3.14. The second-order valence-corrected chi connectivity index (χ2v) is 12.4. The average Bonchev–Trinajstić information content (AvgIpc) is 3.32. The second kappa shape index (κ2) is 10.3. The van der Waals surface area contributed by atoms with Gasteiger partial charge in [-0.15, -0.1) is 0 Å². The summed E-state index contributed by atoms with van der Waals surface area (Å²) < 4.78 is 42.6. The number of halogens is 1. The van der Waals surface area contributed by atoms with Crippen LogP contribution in [-0.2, 0) is 21.4 Å². The molecule has 0 aliphatic carbocycles. The van der Waals surface area contributed by atoms with Gasteiger partial charge in [-0.05, 0) is 61.6 Å². The maximum Gasteiger partial charge on any atom is 0.245 e. The molecule has 192 valence electrons. The molecule has 0 N–H and O–H groups in total. The van der Waals surface area contributed by atoms with E-state index in [9.17, 15) is 17.6 Å². The fraction of sp³-hybridized carbons (Fsp3) is 0.286. The zero-order valence-electron chi connectivity index (χ0n) is 20.7. The van der Waals surface area contributed by atoms with Gasteiger partial charge in [0.05, 0.1) is 16.8 Å². The van der Waals surface area contributed by atoms with Crippen molar-refractivity contribution < 1.29 is 17.6 Å². The van der Waals surface area contributed by atoms with Gasteiger partial charge in [-0.2, -0.15) is 4.31 Å². The molecule has 1 saturated heterocycles. The van der Waals surface area contributed by atoms with Gasteiger partial charge in [-0.1, -0.05) is 59.9 Å². The van der Waals surface area contributed by atoms with Crippen molar-refractivity contribution in [2.45, 2.75) is 38.1 Å². The number of amides is 1. The lowest BCUT2D eigenvalue weighted by atomic mass is 9.96.